The number of rotatable bonds is 4. The summed E-state index contributed by atoms with van der Waals surface area (Å²) in [4.78, 5) is 12.2. The Morgan fingerprint density at radius 2 is 1.82 bits per heavy atom. The molecule has 1 N–H and O–H groups in total. The van der Waals surface area contributed by atoms with Gasteiger partial charge in [0.1, 0.15) is 0 Å². The van der Waals surface area contributed by atoms with Gasteiger partial charge in [0.2, 0.25) is 0 Å². The minimum Gasteiger partial charge on any atom is -0.347 e. The van der Waals surface area contributed by atoms with Crippen LogP contribution in [0.25, 0.3) is 0 Å². The molecule has 0 heterocycles. The molecule has 0 spiro atoms. The van der Waals surface area contributed by atoms with Gasteiger partial charge in [-0.05, 0) is 44.0 Å². The largest absolute Gasteiger partial charge is 0.347 e. The van der Waals surface area contributed by atoms with Gasteiger partial charge in [-0.2, -0.15) is 0 Å². The Balaban J connectivity index is 2.16. The standard InChI is InChI=1S/C17H16ClF2NO/c1-17(2,10-11-6-3-4-8-13(11)18)21-16(22)12-7-5-9-14(19)15(12)20/h3-9H,10H2,1-2H3,(H,21,22). The molecule has 0 saturated carbocycles. The van der Waals surface area contributed by atoms with Crippen molar-refractivity contribution < 1.29 is 13.6 Å². The summed E-state index contributed by atoms with van der Waals surface area (Å²) in [6.07, 6.45) is 0.468. The Labute approximate surface area is 133 Å². The first-order chi connectivity index (χ1) is 10.3. The van der Waals surface area contributed by atoms with Crippen LogP contribution in [0.3, 0.4) is 0 Å². The molecule has 0 aromatic heterocycles. The van der Waals surface area contributed by atoms with E-state index in [1.54, 1.807) is 19.9 Å². The van der Waals surface area contributed by atoms with Crippen molar-refractivity contribution in [2.24, 2.45) is 0 Å². The van der Waals surface area contributed by atoms with Crippen LogP contribution >= 0.6 is 11.6 Å². The molecule has 0 aliphatic carbocycles. The molecule has 5 heteroatoms. The zero-order chi connectivity index (χ0) is 16.3. The molecule has 0 aliphatic rings. The van der Waals surface area contributed by atoms with Crippen molar-refractivity contribution in [2.75, 3.05) is 0 Å². The molecule has 0 fully saturated rings. The van der Waals surface area contributed by atoms with Gasteiger partial charge in [0.05, 0.1) is 5.56 Å². The fourth-order valence-electron chi connectivity index (χ4n) is 2.22. The summed E-state index contributed by atoms with van der Waals surface area (Å²) in [6.45, 7) is 3.59. The van der Waals surface area contributed by atoms with Gasteiger partial charge in [-0.1, -0.05) is 35.9 Å². The average Bonchev–Trinajstić information content (AvgIpc) is 2.43. The second-order valence-corrected chi connectivity index (χ2v) is 6.11. The second-order valence-electron chi connectivity index (χ2n) is 5.71. The molecule has 0 atom stereocenters. The zero-order valence-electron chi connectivity index (χ0n) is 12.3. The third-order valence-corrected chi connectivity index (χ3v) is 3.61. The van der Waals surface area contributed by atoms with Crippen molar-refractivity contribution in [3.05, 3.63) is 70.2 Å². The van der Waals surface area contributed by atoms with E-state index in [0.29, 0.717) is 11.4 Å². The average molecular weight is 324 g/mol. The van der Waals surface area contributed by atoms with Crippen LogP contribution in [0.15, 0.2) is 42.5 Å². The summed E-state index contributed by atoms with van der Waals surface area (Å²) in [5.41, 5.74) is -0.109. The lowest BCUT2D eigenvalue weighted by Crippen LogP contribution is -2.45. The quantitative estimate of drug-likeness (QED) is 0.889. The van der Waals surface area contributed by atoms with Crippen LogP contribution in [-0.2, 0) is 6.42 Å². The molecule has 0 radical (unpaired) electrons. The third-order valence-electron chi connectivity index (χ3n) is 3.24. The molecule has 0 aliphatic heterocycles. The maximum absolute atomic E-state index is 13.7. The Kier molecular flexibility index (Phi) is 4.81. The zero-order valence-corrected chi connectivity index (χ0v) is 13.0. The van der Waals surface area contributed by atoms with Gasteiger partial charge in [0, 0.05) is 10.6 Å². The smallest absolute Gasteiger partial charge is 0.254 e. The van der Waals surface area contributed by atoms with Crippen LogP contribution in [0.4, 0.5) is 8.78 Å². The van der Waals surface area contributed by atoms with Gasteiger partial charge in [-0.3, -0.25) is 4.79 Å². The van der Waals surface area contributed by atoms with Gasteiger partial charge in [-0.25, -0.2) is 8.78 Å². The van der Waals surface area contributed by atoms with Crippen LogP contribution in [0.1, 0.15) is 29.8 Å². The molecule has 2 nitrogen and oxygen atoms in total. The third kappa shape index (κ3) is 3.83. The van der Waals surface area contributed by atoms with Gasteiger partial charge in [0.25, 0.3) is 5.91 Å². The highest BCUT2D eigenvalue weighted by Gasteiger charge is 2.24. The van der Waals surface area contributed by atoms with Gasteiger partial charge >= 0.3 is 0 Å². The Hall–Kier alpha value is -1.94. The lowest BCUT2D eigenvalue weighted by Gasteiger charge is -2.27. The van der Waals surface area contributed by atoms with E-state index in [1.165, 1.54) is 12.1 Å². The van der Waals surface area contributed by atoms with Crippen LogP contribution in [0, 0.1) is 11.6 Å². The summed E-state index contributed by atoms with van der Waals surface area (Å²) in [7, 11) is 0. The number of hydrogen-bond donors (Lipinski definition) is 1. The van der Waals surface area contributed by atoms with E-state index >= 15 is 0 Å². The summed E-state index contributed by atoms with van der Waals surface area (Å²) in [6, 6.07) is 10.8. The molecule has 2 aromatic rings. The Morgan fingerprint density at radius 3 is 2.50 bits per heavy atom. The van der Waals surface area contributed by atoms with Crippen molar-refractivity contribution >= 4 is 17.5 Å². The number of carbonyl (C=O) groups is 1. The lowest BCUT2D eigenvalue weighted by atomic mass is 9.94. The van der Waals surface area contributed by atoms with Crippen LogP contribution in [-0.4, -0.2) is 11.4 Å². The first kappa shape index (κ1) is 16.4. The number of nitrogens with one attached hydrogen (secondary N) is 1. The lowest BCUT2D eigenvalue weighted by molar-refractivity contribution is 0.0908. The highest BCUT2D eigenvalue weighted by atomic mass is 35.5. The van der Waals surface area contributed by atoms with Crippen LogP contribution in [0.5, 0.6) is 0 Å². The molecule has 1 amide bonds. The van der Waals surface area contributed by atoms with Crippen molar-refractivity contribution in [1.29, 1.82) is 0 Å². The maximum Gasteiger partial charge on any atom is 0.254 e. The Morgan fingerprint density at radius 1 is 1.14 bits per heavy atom. The van der Waals surface area contributed by atoms with Crippen molar-refractivity contribution in [2.45, 2.75) is 25.8 Å². The first-order valence-corrected chi connectivity index (χ1v) is 7.18. The summed E-state index contributed by atoms with van der Waals surface area (Å²) >= 11 is 6.11. The number of benzene rings is 2. The highest BCUT2D eigenvalue weighted by molar-refractivity contribution is 6.31. The van der Waals surface area contributed by atoms with E-state index in [0.717, 1.165) is 11.6 Å². The summed E-state index contributed by atoms with van der Waals surface area (Å²) in [5, 5.41) is 3.31. The van der Waals surface area contributed by atoms with Crippen molar-refractivity contribution in [3.63, 3.8) is 0 Å². The van der Waals surface area contributed by atoms with E-state index < -0.39 is 23.1 Å². The van der Waals surface area contributed by atoms with Crippen molar-refractivity contribution in [3.8, 4) is 0 Å². The number of carbonyl (C=O) groups excluding carboxylic acids is 1. The molecule has 116 valence electrons. The topological polar surface area (TPSA) is 29.1 Å². The highest BCUT2D eigenvalue weighted by Crippen LogP contribution is 2.21. The predicted molar refractivity (Wildman–Crippen MR) is 83.1 cm³/mol. The molecular formula is C17H16ClF2NO. The van der Waals surface area contributed by atoms with Crippen molar-refractivity contribution in [1.82, 2.24) is 5.32 Å². The molecule has 2 rings (SSSR count). The molecule has 2 aromatic carbocycles. The summed E-state index contributed by atoms with van der Waals surface area (Å²) in [5.74, 6) is -2.85. The number of halogens is 3. The summed E-state index contributed by atoms with van der Waals surface area (Å²) < 4.78 is 26.9. The molecule has 22 heavy (non-hydrogen) atoms. The van der Waals surface area contributed by atoms with Crippen LogP contribution in [0.2, 0.25) is 5.02 Å². The normalized spacial score (nSPS) is 11.3. The maximum atomic E-state index is 13.7. The predicted octanol–water partition coefficient (Wildman–Crippen LogP) is 4.37. The molecule has 0 bridgehead atoms. The molecule has 0 saturated heterocycles. The molecule has 0 unspecified atom stereocenters. The number of hydrogen-bond acceptors (Lipinski definition) is 1. The van der Waals surface area contributed by atoms with Gasteiger partial charge in [-0.15, -0.1) is 0 Å². The van der Waals surface area contributed by atoms with E-state index in [1.807, 2.05) is 18.2 Å². The van der Waals surface area contributed by atoms with Gasteiger partial charge in [0.15, 0.2) is 11.6 Å². The monoisotopic (exact) mass is 323 g/mol. The first-order valence-electron chi connectivity index (χ1n) is 6.80. The van der Waals surface area contributed by atoms with Gasteiger partial charge < -0.3 is 5.32 Å². The van der Waals surface area contributed by atoms with E-state index in [4.69, 9.17) is 11.6 Å². The SMILES string of the molecule is CC(C)(Cc1ccccc1Cl)NC(=O)c1cccc(F)c1F. The minimum atomic E-state index is -1.14. The van der Waals surface area contributed by atoms with E-state index in [2.05, 4.69) is 5.32 Å². The molecular weight excluding hydrogens is 308 g/mol. The fourth-order valence-corrected chi connectivity index (χ4v) is 2.42. The number of amides is 1. The minimum absolute atomic E-state index is 0.313. The van der Waals surface area contributed by atoms with E-state index in [-0.39, 0.29) is 5.56 Å². The fraction of sp³-hybridized carbons (Fsp3) is 0.235. The van der Waals surface area contributed by atoms with Crippen LogP contribution < -0.4 is 5.32 Å². The van der Waals surface area contributed by atoms with E-state index in [9.17, 15) is 13.6 Å². The second kappa shape index (κ2) is 6.44. The Bertz CT molecular complexity index is 701.